The molecule has 1 saturated carbocycles. The Balaban J connectivity index is 0.000000583. The summed E-state index contributed by atoms with van der Waals surface area (Å²) >= 11 is 0. The van der Waals surface area contributed by atoms with Crippen LogP contribution in [0.1, 0.15) is 58.8 Å². The maximum Gasteiger partial charge on any atom is 0.0402 e. The highest BCUT2D eigenvalue weighted by atomic mass is 16.2. The van der Waals surface area contributed by atoms with Crippen LogP contribution in [-0.2, 0) is 0 Å². The molecule has 92 valence electrons. The van der Waals surface area contributed by atoms with E-state index in [4.69, 9.17) is 5.11 Å². The summed E-state index contributed by atoms with van der Waals surface area (Å²) in [7, 11) is 2.12. The summed E-state index contributed by atoms with van der Waals surface area (Å²) in [5.74, 6) is 0.976. The molecular formula is C13H29NO. The van der Waals surface area contributed by atoms with Gasteiger partial charge in [0.25, 0.3) is 0 Å². The van der Waals surface area contributed by atoms with Gasteiger partial charge in [-0.25, -0.2) is 0 Å². The van der Waals surface area contributed by atoms with E-state index < -0.39 is 0 Å². The fourth-order valence-electron chi connectivity index (χ4n) is 2.40. The molecule has 0 amide bonds. The van der Waals surface area contributed by atoms with Gasteiger partial charge in [-0.15, -0.1) is 0 Å². The van der Waals surface area contributed by atoms with Gasteiger partial charge in [0.15, 0.2) is 0 Å². The first-order valence-electron chi connectivity index (χ1n) is 6.58. The van der Waals surface area contributed by atoms with Crippen LogP contribution in [0, 0.1) is 5.92 Å². The van der Waals surface area contributed by atoms with Gasteiger partial charge >= 0.3 is 0 Å². The quantitative estimate of drug-likeness (QED) is 0.755. The predicted octanol–water partition coefficient (Wildman–Crippen LogP) is 2.95. The van der Waals surface area contributed by atoms with Gasteiger partial charge in [0.1, 0.15) is 0 Å². The average molecular weight is 215 g/mol. The average Bonchev–Trinajstić information content (AvgIpc) is 2.28. The molecule has 0 aromatic heterocycles. The first-order chi connectivity index (χ1) is 7.29. The third-order valence-electron chi connectivity index (χ3n) is 3.21. The number of rotatable bonds is 4. The van der Waals surface area contributed by atoms with Crippen molar-refractivity contribution in [2.24, 2.45) is 5.92 Å². The Morgan fingerprint density at radius 2 is 1.80 bits per heavy atom. The van der Waals surface area contributed by atoms with Crippen LogP contribution in [0.15, 0.2) is 0 Å². The summed E-state index contributed by atoms with van der Waals surface area (Å²) in [6.45, 7) is 4.22. The summed E-state index contributed by atoms with van der Waals surface area (Å²) in [6.07, 6.45) is 9.99. The molecule has 15 heavy (non-hydrogen) atoms. The van der Waals surface area contributed by atoms with Gasteiger partial charge in [-0.05, 0) is 39.2 Å². The van der Waals surface area contributed by atoms with Crippen LogP contribution in [0.3, 0.4) is 0 Å². The van der Waals surface area contributed by atoms with Crippen molar-refractivity contribution in [1.29, 1.82) is 0 Å². The molecule has 0 radical (unpaired) electrons. The van der Waals surface area contributed by atoms with Gasteiger partial charge in [-0.3, -0.25) is 0 Å². The first kappa shape index (κ1) is 14.9. The topological polar surface area (TPSA) is 32.3 Å². The Morgan fingerprint density at radius 1 is 1.20 bits per heavy atom. The Hall–Kier alpha value is -0.0800. The minimum absolute atomic E-state index is 0.250. The van der Waals surface area contributed by atoms with Crippen LogP contribution in [0.25, 0.3) is 0 Å². The van der Waals surface area contributed by atoms with Crippen LogP contribution in [0.2, 0.25) is 0 Å². The summed E-state index contributed by atoms with van der Waals surface area (Å²) in [6, 6.07) is 0.824. The summed E-state index contributed by atoms with van der Waals surface area (Å²) in [5.41, 5.74) is 0. The SMILES string of the molecule is CCCCC1CCCCC1NC.CCO. The van der Waals surface area contributed by atoms with Crippen molar-refractivity contribution >= 4 is 0 Å². The van der Waals surface area contributed by atoms with Crippen molar-refractivity contribution in [2.75, 3.05) is 13.7 Å². The lowest BCUT2D eigenvalue weighted by Gasteiger charge is -2.31. The number of unbranched alkanes of at least 4 members (excludes halogenated alkanes) is 1. The highest BCUT2D eigenvalue weighted by molar-refractivity contribution is 4.79. The predicted molar refractivity (Wildman–Crippen MR) is 67.1 cm³/mol. The second kappa shape index (κ2) is 10.4. The number of nitrogens with one attached hydrogen (secondary N) is 1. The Labute approximate surface area is 95.5 Å². The van der Waals surface area contributed by atoms with Crippen molar-refractivity contribution in [1.82, 2.24) is 5.32 Å². The number of aliphatic hydroxyl groups excluding tert-OH is 1. The van der Waals surface area contributed by atoms with Crippen molar-refractivity contribution in [3.8, 4) is 0 Å². The Bertz CT molecular complexity index is 128. The molecule has 2 heteroatoms. The number of hydrogen-bond acceptors (Lipinski definition) is 2. The van der Waals surface area contributed by atoms with Gasteiger partial charge < -0.3 is 10.4 Å². The molecule has 0 saturated heterocycles. The number of aliphatic hydroxyl groups is 1. The van der Waals surface area contributed by atoms with Crippen LogP contribution >= 0.6 is 0 Å². The van der Waals surface area contributed by atoms with E-state index in [9.17, 15) is 0 Å². The molecule has 2 N–H and O–H groups in total. The highest BCUT2D eigenvalue weighted by Crippen LogP contribution is 2.28. The van der Waals surface area contributed by atoms with Crippen molar-refractivity contribution < 1.29 is 5.11 Å². The highest BCUT2D eigenvalue weighted by Gasteiger charge is 2.22. The van der Waals surface area contributed by atoms with Gasteiger partial charge in [0.05, 0.1) is 0 Å². The summed E-state index contributed by atoms with van der Waals surface area (Å²) in [5, 5.41) is 11.0. The molecule has 0 spiro atoms. The van der Waals surface area contributed by atoms with Crippen LogP contribution < -0.4 is 5.32 Å². The zero-order valence-corrected chi connectivity index (χ0v) is 10.8. The molecular weight excluding hydrogens is 186 g/mol. The Morgan fingerprint density at radius 3 is 2.33 bits per heavy atom. The van der Waals surface area contributed by atoms with Gasteiger partial charge in [0, 0.05) is 12.6 Å². The third kappa shape index (κ3) is 6.91. The molecule has 2 atom stereocenters. The van der Waals surface area contributed by atoms with E-state index in [2.05, 4.69) is 19.3 Å². The fourth-order valence-corrected chi connectivity index (χ4v) is 2.40. The standard InChI is InChI=1S/C11H23N.C2H6O/c1-3-4-7-10-8-5-6-9-11(10)12-2;1-2-3/h10-12H,3-9H2,1-2H3;3H,2H2,1H3. The maximum absolute atomic E-state index is 7.57. The zero-order chi connectivity index (χ0) is 11.5. The zero-order valence-electron chi connectivity index (χ0n) is 10.8. The minimum Gasteiger partial charge on any atom is -0.397 e. The van der Waals surface area contributed by atoms with E-state index in [0.717, 1.165) is 12.0 Å². The Kier molecular flexibility index (Phi) is 10.4. The fraction of sp³-hybridized carbons (Fsp3) is 1.00. The van der Waals surface area contributed by atoms with Gasteiger partial charge in [-0.2, -0.15) is 0 Å². The molecule has 1 aliphatic rings. The van der Waals surface area contributed by atoms with E-state index in [-0.39, 0.29) is 6.61 Å². The lowest BCUT2D eigenvalue weighted by molar-refractivity contribution is 0.255. The molecule has 1 aliphatic carbocycles. The van der Waals surface area contributed by atoms with Gasteiger partial charge in [0.2, 0.25) is 0 Å². The van der Waals surface area contributed by atoms with Crippen molar-refractivity contribution in [3.05, 3.63) is 0 Å². The molecule has 1 rings (SSSR count). The lowest BCUT2D eigenvalue weighted by Crippen LogP contribution is -2.35. The van der Waals surface area contributed by atoms with E-state index in [0.29, 0.717) is 0 Å². The summed E-state index contributed by atoms with van der Waals surface area (Å²) < 4.78 is 0. The van der Waals surface area contributed by atoms with Crippen molar-refractivity contribution in [3.63, 3.8) is 0 Å². The smallest absolute Gasteiger partial charge is 0.0402 e. The second-order valence-electron chi connectivity index (χ2n) is 4.40. The molecule has 1 fully saturated rings. The first-order valence-corrected chi connectivity index (χ1v) is 6.58. The minimum atomic E-state index is 0.250. The summed E-state index contributed by atoms with van der Waals surface area (Å²) in [4.78, 5) is 0. The second-order valence-corrected chi connectivity index (χ2v) is 4.40. The lowest BCUT2D eigenvalue weighted by atomic mass is 9.81. The third-order valence-corrected chi connectivity index (χ3v) is 3.21. The molecule has 0 aromatic carbocycles. The van der Waals surface area contributed by atoms with Crippen molar-refractivity contribution in [2.45, 2.75) is 64.8 Å². The van der Waals surface area contributed by atoms with Crippen LogP contribution in [0.5, 0.6) is 0 Å². The normalized spacial score (nSPS) is 25.6. The van der Waals surface area contributed by atoms with E-state index in [1.165, 1.54) is 44.9 Å². The van der Waals surface area contributed by atoms with Gasteiger partial charge in [-0.1, -0.05) is 32.6 Å². The molecule has 2 unspecified atom stereocenters. The van der Waals surface area contributed by atoms with Crippen LogP contribution in [0.4, 0.5) is 0 Å². The van der Waals surface area contributed by atoms with E-state index in [1.54, 1.807) is 6.92 Å². The maximum atomic E-state index is 7.57. The molecule has 0 aromatic rings. The monoisotopic (exact) mass is 215 g/mol. The molecule has 0 bridgehead atoms. The molecule has 0 aliphatic heterocycles. The number of hydrogen-bond donors (Lipinski definition) is 2. The molecule has 2 nitrogen and oxygen atoms in total. The van der Waals surface area contributed by atoms with E-state index in [1.807, 2.05) is 0 Å². The van der Waals surface area contributed by atoms with E-state index >= 15 is 0 Å². The largest absolute Gasteiger partial charge is 0.397 e. The molecule has 0 heterocycles. The van der Waals surface area contributed by atoms with Crippen LogP contribution in [-0.4, -0.2) is 24.8 Å².